The van der Waals surface area contributed by atoms with Crippen LogP contribution in [0.5, 0.6) is 0 Å². The van der Waals surface area contributed by atoms with Crippen molar-refractivity contribution < 1.29 is 19.0 Å². The van der Waals surface area contributed by atoms with Crippen LogP contribution >= 0.6 is 0 Å². The van der Waals surface area contributed by atoms with Crippen LogP contribution in [0.2, 0.25) is 0 Å². The average molecular weight is 284 g/mol. The number of benzene rings is 1. The second kappa shape index (κ2) is 5.27. The number of nitrogens with zero attached hydrogens (tertiary/aromatic N) is 1. The molecule has 3 N–H and O–H groups in total. The van der Waals surface area contributed by atoms with Gasteiger partial charge in [-0.25, -0.2) is 8.78 Å². The molecule has 3 unspecified atom stereocenters. The molecule has 2 heterocycles. The maximum Gasteiger partial charge on any atom is 0.131 e. The highest BCUT2D eigenvalue weighted by Crippen LogP contribution is 2.35. The van der Waals surface area contributed by atoms with Gasteiger partial charge in [0.2, 0.25) is 0 Å². The first-order valence-corrected chi connectivity index (χ1v) is 6.92. The molecule has 4 nitrogen and oxygen atoms in total. The molecule has 0 amide bonds. The summed E-state index contributed by atoms with van der Waals surface area (Å²) in [6.45, 7) is 1.63. The van der Waals surface area contributed by atoms with E-state index in [1.54, 1.807) is 0 Å². The van der Waals surface area contributed by atoms with E-state index in [4.69, 9.17) is 0 Å². The van der Waals surface area contributed by atoms with E-state index < -0.39 is 30.0 Å². The third-order valence-corrected chi connectivity index (χ3v) is 4.15. The highest BCUT2D eigenvalue weighted by molar-refractivity contribution is 5.51. The summed E-state index contributed by atoms with van der Waals surface area (Å²) < 4.78 is 28.4. The van der Waals surface area contributed by atoms with Gasteiger partial charge in [0, 0.05) is 30.3 Å². The molecule has 3 rings (SSSR count). The van der Waals surface area contributed by atoms with Crippen LogP contribution in [0.3, 0.4) is 0 Å². The predicted octanol–water partition coefficient (Wildman–Crippen LogP) is 1.28. The summed E-state index contributed by atoms with van der Waals surface area (Å²) in [5.74, 6) is -1.94. The molecule has 3 atom stereocenters. The zero-order chi connectivity index (χ0) is 14.3. The maximum absolute atomic E-state index is 14.2. The Hall–Kier alpha value is -1.24. The second-order valence-corrected chi connectivity index (χ2v) is 5.47. The van der Waals surface area contributed by atoms with Crippen molar-refractivity contribution in [3.8, 4) is 0 Å². The Labute approximate surface area is 116 Å². The van der Waals surface area contributed by atoms with E-state index >= 15 is 0 Å². The molecular weight excluding hydrogens is 266 g/mol. The molecule has 1 aromatic carbocycles. The molecule has 0 bridgehead atoms. The van der Waals surface area contributed by atoms with Crippen molar-refractivity contribution in [2.75, 3.05) is 18.0 Å². The van der Waals surface area contributed by atoms with Gasteiger partial charge in [-0.15, -0.1) is 0 Å². The van der Waals surface area contributed by atoms with Crippen molar-refractivity contribution in [2.45, 2.75) is 37.6 Å². The van der Waals surface area contributed by atoms with Crippen molar-refractivity contribution in [1.82, 2.24) is 5.32 Å². The summed E-state index contributed by atoms with van der Waals surface area (Å²) in [4.78, 5) is 1.91. The van der Waals surface area contributed by atoms with Gasteiger partial charge in [0.1, 0.15) is 24.1 Å². The maximum atomic E-state index is 14.2. The van der Waals surface area contributed by atoms with Gasteiger partial charge >= 0.3 is 0 Å². The predicted molar refractivity (Wildman–Crippen MR) is 70.3 cm³/mol. The first kappa shape index (κ1) is 13.7. The SMILES string of the molecule is OC1CCC(c2c(F)cc(N3CCC3)cc2F)C(O)N1. The Bertz CT molecular complexity index is 485. The lowest BCUT2D eigenvalue weighted by atomic mass is 9.88. The fourth-order valence-electron chi connectivity index (χ4n) is 2.88. The Kier molecular flexibility index (Phi) is 3.62. The summed E-state index contributed by atoms with van der Waals surface area (Å²) in [6, 6.07) is 2.66. The quantitative estimate of drug-likeness (QED) is 0.766. The molecule has 0 aliphatic carbocycles. The molecule has 110 valence electrons. The number of anilines is 1. The van der Waals surface area contributed by atoms with E-state index in [0.717, 1.165) is 19.5 Å². The normalized spacial score (nSPS) is 30.2. The van der Waals surface area contributed by atoms with E-state index in [1.165, 1.54) is 12.1 Å². The van der Waals surface area contributed by atoms with Gasteiger partial charge < -0.3 is 15.1 Å². The molecule has 0 radical (unpaired) electrons. The van der Waals surface area contributed by atoms with Crippen LogP contribution in [-0.2, 0) is 0 Å². The van der Waals surface area contributed by atoms with Crippen LogP contribution in [0.15, 0.2) is 12.1 Å². The first-order valence-electron chi connectivity index (χ1n) is 6.92. The molecule has 6 heteroatoms. The average Bonchev–Trinajstić information content (AvgIpc) is 2.28. The topological polar surface area (TPSA) is 55.7 Å². The number of halogens is 2. The summed E-state index contributed by atoms with van der Waals surface area (Å²) in [5, 5.41) is 21.7. The van der Waals surface area contributed by atoms with Crippen LogP contribution in [-0.4, -0.2) is 35.8 Å². The van der Waals surface area contributed by atoms with E-state index in [9.17, 15) is 19.0 Å². The van der Waals surface area contributed by atoms with Gasteiger partial charge in [-0.05, 0) is 31.4 Å². The minimum Gasteiger partial charge on any atom is -0.379 e. The number of piperidine rings is 1. The van der Waals surface area contributed by atoms with E-state index in [-0.39, 0.29) is 5.56 Å². The van der Waals surface area contributed by atoms with E-state index in [1.807, 2.05) is 4.90 Å². The van der Waals surface area contributed by atoms with Crippen molar-refractivity contribution >= 4 is 5.69 Å². The van der Waals surface area contributed by atoms with Gasteiger partial charge in [0.25, 0.3) is 0 Å². The molecule has 2 saturated heterocycles. The van der Waals surface area contributed by atoms with Crippen LogP contribution in [0.1, 0.15) is 30.7 Å². The summed E-state index contributed by atoms with van der Waals surface area (Å²) in [6.07, 6.45) is -0.236. The Morgan fingerprint density at radius 3 is 2.25 bits per heavy atom. The van der Waals surface area contributed by atoms with Gasteiger partial charge in [-0.3, -0.25) is 5.32 Å². The number of nitrogens with one attached hydrogen (secondary N) is 1. The third kappa shape index (κ3) is 2.39. The largest absolute Gasteiger partial charge is 0.379 e. The molecule has 2 fully saturated rings. The standard InChI is InChI=1S/C14H18F2N2O2/c15-10-6-8(18-4-1-5-18)7-11(16)13(10)9-2-3-12(19)17-14(9)20/h6-7,9,12,14,17,19-20H,1-5H2. The fraction of sp³-hybridized carbons (Fsp3) is 0.571. The Balaban J connectivity index is 1.89. The number of aliphatic hydroxyl groups excluding tert-OH is 2. The highest BCUT2D eigenvalue weighted by Gasteiger charge is 2.33. The van der Waals surface area contributed by atoms with Crippen LogP contribution < -0.4 is 10.2 Å². The zero-order valence-corrected chi connectivity index (χ0v) is 11.0. The summed E-state index contributed by atoms with van der Waals surface area (Å²) >= 11 is 0. The molecular formula is C14H18F2N2O2. The van der Waals surface area contributed by atoms with Crippen molar-refractivity contribution in [3.05, 3.63) is 29.3 Å². The number of rotatable bonds is 2. The van der Waals surface area contributed by atoms with Gasteiger partial charge in [0.05, 0.1) is 0 Å². The molecule has 0 saturated carbocycles. The lowest BCUT2D eigenvalue weighted by Gasteiger charge is -2.35. The minimum absolute atomic E-state index is 0.0961. The minimum atomic E-state index is -1.14. The molecule has 2 aliphatic rings. The van der Waals surface area contributed by atoms with Crippen molar-refractivity contribution in [1.29, 1.82) is 0 Å². The van der Waals surface area contributed by atoms with Gasteiger partial charge in [-0.2, -0.15) is 0 Å². The Morgan fingerprint density at radius 1 is 1.10 bits per heavy atom. The fourth-order valence-corrected chi connectivity index (χ4v) is 2.88. The third-order valence-electron chi connectivity index (χ3n) is 4.15. The number of aliphatic hydroxyl groups is 2. The second-order valence-electron chi connectivity index (χ2n) is 5.47. The summed E-state index contributed by atoms with van der Waals surface area (Å²) in [7, 11) is 0. The molecule has 0 aromatic heterocycles. The zero-order valence-electron chi connectivity index (χ0n) is 11.0. The lowest BCUT2D eigenvalue weighted by molar-refractivity contribution is -0.0115. The lowest BCUT2D eigenvalue weighted by Crippen LogP contribution is -2.46. The number of hydrogen-bond donors (Lipinski definition) is 3. The van der Waals surface area contributed by atoms with E-state index in [2.05, 4.69) is 5.32 Å². The van der Waals surface area contributed by atoms with Crippen LogP contribution in [0.4, 0.5) is 14.5 Å². The Morgan fingerprint density at radius 2 is 1.75 bits per heavy atom. The monoisotopic (exact) mass is 284 g/mol. The van der Waals surface area contributed by atoms with Gasteiger partial charge in [-0.1, -0.05) is 0 Å². The van der Waals surface area contributed by atoms with Crippen molar-refractivity contribution in [2.24, 2.45) is 0 Å². The van der Waals surface area contributed by atoms with E-state index in [0.29, 0.717) is 18.5 Å². The molecule has 0 spiro atoms. The molecule has 1 aromatic rings. The smallest absolute Gasteiger partial charge is 0.131 e. The van der Waals surface area contributed by atoms with Crippen LogP contribution in [0.25, 0.3) is 0 Å². The van der Waals surface area contributed by atoms with Crippen LogP contribution in [0, 0.1) is 11.6 Å². The molecule has 20 heavy (non-hydrogen) atoms. The highest BCUT2D eigenvalue weighted by atomic mass is 19.1. The number of hydrogen-bond acceptors (Lipinski definition) is 4. The summed E-state index contributed by atoms with van der Waals surface area (Å²) in [5.41, 5.74) is 0.453. The van der Waals surface area contributed by atoms with Gasteiger partial charge in [0.15, 0.2) is 0 Å². The first-order chi connectivity index (χ1) is 9.56. The molecule has 2 aliphatic heterocycles. The van der Waals surface area contributed by atoms with Crippen molar-refractivity contribution in [3.63, 3.8) is 0 Å².